The average Bonchev–Trinajstić information content (AvgIpc) is 3.12. The van der Waals surface area contributed by atoms with E-state index >= 15 is 0 Å². The predicted octanol–water partition coefficient (Wildman–Crippen LogP) is 2.26. The Morgan fingerprint density at radius 2 is 1.72 bits per heavy atom. The lowest BCUT2D eigenvalue weighted by Crippen LogP contribution is -2.33. The van der Waals surface area contributed by atoms with Gasteiger partial charge in [0.15, 0.2) is 5.82 Å². The number of nitrogens with zero attached hydrogens (tertiary/aromatic N) is 4. The summed E-state index contributed by atoms with van der Waals surface area (Å²) in [6.45, 7) is 10.6. The Balaban J connectivity index is 0.000000639. The van der Waals surface area contributed by atoms with E-state index < -0.39 is 0 Å². The van der Waals surface area contributed by atoms with E-state index in [1.54, 1.807) is 7.11 Å². The zero-order chi connectivity index (χ0) is 22.3. The highest BCUT2D eigenvalue weighted by molar-refractivity contribution is 7.80. The zero-order valence-electron chi connectivity index (χ0n) is 20.7. The number of aromatic nitrogens is 2. The highest BCUT2D eigenvalue weighted by Crippen LogP contribution is 2.25. The van der Waals surface area contributed by atoms with Crippen LogP contribution < -0.4 is 19.9 Å². The molecule has 0 unspecified atom stereocenters. The fourth-order valence-electron chi connectivity index (χ4n) is 3.62. The van der Waals surface area contributed by atoms with E-state index in [1.165, 1.54) is 18.7 Å². The summed E-state index contributed by atoms with van der Waals surface area (Å²) < 4.78 is 7.09. The molecule has 0 atom stereocenters. The second kappa shape index (κ2) is 14.3. The first-order valence-corrected chi connectivity index (χ1v) is 11.2. The number of rotatable bonds is 6. The molecule has 2 heterocycles. The van der Waals surface area contributed by atoms with Gasteiger partial charge in [0.2, 0.25) is 0 Å². The molecule has 0 amide bonds. The average molecular weight is 470 g/mol. The van der Waals surface area contributed by atoms with Crippen LogP contribution in [0.25, 0.3) is 0 Å². The van der Waals surface area contributed by atoms with Gasteiger partial charge in [-0.25, -0.2) is 0 Å². The van der Waals surface area contributed by atoms with Crippen LogP contribution in [0, 0.1) is 19.8 Å². The molecular weight excluding hydrogens is 426 g/mol. The number of aryl methyl sites for hydroxylation is 3. The third-order valence-electron chi connectivity index (χ3n) is 5.74. The number of piperidine rings is 1. The fourth-order valence-corrected chi connectivity index (χ4v) is 3.75. The number of benzene rings is 1. The molecule has 0 bridgehead atoms. The van der Waals surface area contributed by atoms with Gasteiger partial charge in [0.1, 0.15) is 11.6 Å². The van der Waals surface area contributed by atoms with Crippen molar-refractivity contribution in [1.29, 1.82) is 0 Å². The molecule has 1 fully saturated rings. The molecule has 0 saturated carbocycles. The van der Waals surface area contributed by atoms with Crippen LogP contribution in [-0.2, 0) is 7.05 Å². The lowest BCUT2D eigenvalue weighted by atomic mass is 9.99. The van der Waals surface area contributed by atoms with Crippen LogP contribution in [-0.4, -0.2) is 68.1 Å². The van der Waals surface area contributed by atoms with E-state index in [-0.39, 0.29) is 11.0 Å². The standard InChI is InChI=1S/C14H27N5.C9H12OS.2H2O/c1-12-5-8-19(9-6-12)13-11-14(18(4)16-13)17(3)10-7-15-2;1-6-4-8(10-3)5-7(2)9(6)11;;/h11-12,15H,5-10H2,1-4H3;4-5,11H,1-3H3;2*1H2. The van der Waals surface area contributed by atoms with Crippen LogP contribution >= 0.6 is 12.6 Å². The quantitative estimate of drug-likeness (QED) is 0.631. The molecule has 1 saturated heterocycles. The molecule has 1 aromatic heterocycles. The maximum atomic E-state index is 5.10. The summed E-state index contributed by atoms with van der Waals surface area (Å²) in [5.74, 6) is 4.07. The van der Waals surface area contributed by atoms with Crippen molar-refractivity contribution in [1.82, 2.24) is 15.1 Å². The van der Waals surface area contributed by atoms with Crippen LogP contribution in [0.15, 0.2) is 23.1 Å². The maximum Gasteiger partial charge on any atom is 0.152 e. The number of likely N-dealkylation sites (N-methyl/N-ethyl adjacent to an activating group) is 2. The summed E-state index contributed by atoms with van der Waals surface area (Å²) in [7, 11) is 7.81. The Kier molecular flexibility index (Phi) is 13.4. The molecule has 0 radical (unpaired) electrons. The van der Waals surface area contributed by atoms with Crippen LogP contribution in [0.4, 0.5) is 11.6 Å². The lowest BCUT2D eigenvalue weighted by molar-refractivity contribution is 0.413. The van der Waals surface area contributed by atoms with Crippen molar-refractivity contribution >= 4 is 24.3 Å². The number of hydrogen-bond acceptors (Lipinski definition) is 6. The molecule has 0 spiro atoms. The van der Waals surface area contributed by atoms with E-state index in [2.05, 4.69) is 52.9 Å². The second-order valence-corrected chi connectivity index (χ2v) is 8.74. The van der Waals surface area contributed by atoms with Crippen LogP contribution in [0.2, 0.25) is 0 Å². The van der Waals surface area contributed by atoms with Crippen molar-refractivity contribution in [3.8, 4) is 5.75 Å². The van der Waals surface area contributed by atoms with Crippen molar-refractivity contribution in [3.63, 3.8) is 0 Å². The molecule has 1 aliphatic heterocycles. The second-order valence-electron chi connectivity index (χ2n) is 8.29. The molecule has 0 aliphatic carbocycles. The first kappa shape index (κ1) is 30.1. The van der Waals surface area contributed by atoms with Gasteiger partial charge in [-0.15, -0.1) is 12.6 Å². The van der Waals surface area contributed by atoms with Gasteiger partial charge in [-0.1, -0.05) is 6.92 Å². The molecule has 1 aliphatic rings. The highest BCUT2D eigenvalue weighted by Gasteiger charge is 2.19. The van der Waals surface area contributed by atoms with E-state index in [9.17, 15) is 0 Å². The first-order valence-electron chi connectivity index (χ1n) is 10.8. The number of thiol groups is 1. The van der Waals surface area contributed by atoms with E-state index in [4.69, 9.17) is 4.74 Å². The van der Waals surface area contributed by atoms with Crippen LogP contribution in [0.3, 0.4) is 0 Å². The van der Waals surface area contributed by atoms with Gasteiger partial charge in [0.25, 0.3) is 0 Å². The van der Waals surface area contributed by atoms with Gasteiger partial charge in [-0.3, -0.25) is 4.68 Å². The van der Waals surface area contributed by atoms with Crippen molar-refractivity contribution < 1.29 is 15.7 Å². The largest absolute Gasteiger partial charge is 0.497 e. The molecule has 9 heteroatoms. The van der Waals surface area contributed by atoms with Gasteiger partial charge in [-0.05, 0) is 62.9 Å². The Hall–Kier alpha value is -1.94. The summed E-state index contributed by atoms with van der Waals surface area (Å²) in [5.41, 5.74) is 2.32. The van der Waals surface area contributed by atoms with Crippen LogP contribution in [0.1, 0.15) is 30.9 Å². The van der Waals surface area contributed by atoms with Crippen molar-refractivity contribution in [3.05, 3.63) is 29.3 Å². The normalized spacial score (nSPS) is 13.4. The maximum absolute atomic E-state index is 5.10. The molecule has 32 heavy (non-hydrogen) atoms. The van der Waals surface area contributed by atoms with E-state index in [0.717, 1.165) is 59.7 Å². The van der Waals surface area contributed by atoms with Gasteiger partial charge < -0.3 is 30.8 Å². The molecular formula is C23H43N5O3S. The minimum atomic E-state index is 0. The van der Waals surface area contributed by atoms with Crippen LogP contribution in [0.5, 0.6) is 5.75 Å². The van der Waals surface area contributed by atoms with Gasteiger partial charge >= 0.3 is 0 Å². The topological polar surface area (TPSA) is 109 Å². The number of anilines is 2. The minimum Gasteiger partial charge on any atom is -0.497 e. The summed E-state index contributed by atoms with van der Waals surface area (Å²) >= 11 is 4.34. The molecule has 5 N–H and O–H groups in total. The SMILES string of the molecule is CNCCN(C)c1cc(N2CCC(C)CC2)nn1C.COc1cc(C)c(S)c(C)c1.O.O. The summed E-state index contributed by atoms with van der Waals surface area (Å²) in [6, 6.07) is 6.18. The zero-order valence-corrected chi connectivity index (χ0v) is 21.6. The number of methoxy groups -OCH3 is 1. The van der Waals surface area contributed by atoms with Gasteiger partial charge in [-0.2, -0.15) is 5.10 Å². The molecule has 8 nitrogen and oxygen atoms in total. The third kappa shape index (κ3) is 8.20. The van der Waals surface area contributed by atoms with Crippen molar-refractivity contribution in [2.45, 2.75) is 38.5 Å². The third-order valence-corrected chi connectivity index (χ3v) is 6.44. The monoisotopic (exact) mass is 469 g/mol. The highest BCUT2D eigenvalue weighted by atomic mass is 32.1. The van der Waals surface area contributed by atoms with E-state index in [0.29, 0.717) is 0 Å². The van der Waals surface area contributed by atoms with Crippen molar-refractivity contribution in [2.75, 3.05) is 57.2 Å². The smallest absolute Gasteiger partial charge is 0.152 e. The predicted molar refractivity (Wildman–Crippen MR) is 138 cm³/mol. The Morgan fingerprint density at radius 1 is 1.16 bits per heavy atom. The summed E-state index contributed by atoms with van der Waals surface area (Å²) in [6.07, 6.45) is 2.56. The summed E-state index contributed by atoms with van der Waals surface area (Å²) in [5, 5.41) is 7.85. The minimum absolute atomic E-state index is 0. The van der Waals surface area contributed by atoms with Gasteiger partial charge in [0, 0.05) is 51.2 Å². The Morgan fingerprint density at radius 3 is 2.22 bits per heavy atom. The summed E-state index contributed by atoms with van der Waals surface area (Å²) in [4.78, 5) is 5.71. The Bertz CT molecular complexity index is 784. The lowest BCUT2D eigenvalue weighted by Gasteiger charge is -2.30. The first-order chi connectivity index (χ1) is 14.3. The van der Waals surface area contributed by atoms with E-state index in [1.807, 2.05) is 44.8 Å². The van der Waals surface area contributed by atoms with Crippen molar-refractivity contribution in [2.24, 2.45) is 13.0 Å². The Labute approximate surface area is 199 Å². The fraction of sp³-hybridized carbons (Fsp3) is 0.609. The molecule has 184 valence electrons. The number of nitrogens with one attached hydrogen (secondary N) is 1. The van der Waals surface area contributed by atoms with Gasteiger partial charge in [0.05, 0.1) is 7.11 Å². The number of hydrogen-bond donors (Lipinski definition) is 2. The molecule has 2 aromatic rings. The molecule has 3 rings (SSSR count). The number of ether oxygens (including phenoxy) is 1. The molecule has 1 aromatic carbocycles.